The molecule has 1 amide bonds. The molecule has 0 aliphatic rings. The van der Waals surface area contributed by atoms with Crippen LogP contribution in [0.4, 0.5) is 17.1 Å². The average molecular weight is 530 g/mol. The van der Waals surface area contributed by atoms with E-state index in [-0.39, 0.29) is 5.91 Å². The fourth-order valence-electron chi connectivity index (χ4n) is 3.27. The Bertz CT molecular complexity index is 1150. The minimum Gasteiger partial charge on any atom is -0.354 e. The van der Waals surface area contributed by atoms with Gasteiger partial charge in [-0.1, -0.05) is 77.9 Å². The zero-order valence-corrected chi connectivity index (χ0v) is 21.5. The molecule has 32 heavy (non-hydrogen) atoms. The van der Waals surface area contributed by atoms with E-state index in [0.717, 1.165) is 43.8 Å². The number of carbonyl (C=O) groups excluding carboxylic acids is 1. The van der Waals surface area contributed by atoms with Crippen molar-refractivity contribution in [3.05, 3.63) is 86.8 Å². The van der Waals surface area contributed by atoms with Gasteiger partial charge >= 0.3 is 0 Å². The smallest absolute Gasteiger partial charge is 0.224 e. The van der Waals surface area contributed by atoms with E-state index in [1.165, 1.54) is 0 Å². The van der Waals surface area contributed by atoms with Gasteiger partial charge in [-0.05, 0) is 66.8 Å². The third-order valence-corrected chi connectivity index (χ3v) is 6.33. The van der Waals surface area contributed by atoms with Gasteiger partial charge in [0.15, 0.2) is 0 Å². The van der Waals surface area contributed by atoms with Gasteiger partial charge in [-0.15, -0.1) is 0 Å². The maximum absolute atomic E-state index is 12.4. The second-order valence-corrected chi connectivity index (χ2v) is 9.87. The number of anilines is 3. The highest BCUT2D eigenvalue weighted by Gasteiger charge is 2.13. The van der Waals surface area contributed by atoms with Crippen molar-refractivity contribution in [3.8, 4) is 0 Å². The van der Waals surface area contributed by atoms with Crippen LogP contribution < -0.4 is 10.6 Å². The molecule has 3 rings (SSSR count). The molecule has 0 saturated heterocycles. The topological polar surface area (TPSA) is 41.1 Å². The van der Waals surface area contributed by atoms with Crippen LogP contribution >= 0.6 is 39.7 Å². The monoisotopic (exact) mass is 528 g/mol. The van der Waals surface area contributed by atoms with Crippen molar-refractivity contribution in [3.63, 3.8) is 0 Å². The van der Waals surface area contributed by atoms with Crippen LogP contribution in [0, 0.1) is 12.8 Å². The summed E-state index contributed by atoms with van der Waals surface area (Å²) in [5, 5.41) is 6.95. The summed E-state index contributed by atoms with van der Waals surface area (Å²) in [5.74, 6) is 0.476. The molecule has 0 saturated carbocycles. The van der Waals surface area contributed by atoms with Gasteiger partial charge in [0, 0.05) is 22.1 Å². The maximum Gasteiger partial charge on any atom is 0.224 e. The Hall–Kier alpha value is -2.21. The highest BCUT2D eigenvalue weighted by molar-refractivity contribution is 9.10. The van der Waals surface area contributed by atoms with Crippen molar-refractivity contribution in [1.82, 2.24) is 0 Å². The molecule has 0 aromatic heterocycles. The van der Waals surface area contributed by atoms with Crippen molar-refractivity contribution in [2.45, 2.75) is 33.6 Å². The first kappa shape index (κ1) is 24.4. The van der Waals surface area contributed by atoms with Crippen LogP contribution in [-0.4, -0.2) is 10.8 Å². The summed E-state index contributed by atoms with van der Waals surface area (Å²) in [5.41, 5.74) is 5.25. The number of carbonyl (C=O) groups is 1. The molecular weight excluding hydrogens is 504 g/mol. The van der Waals surface area contributed by atoms with E-state index in [2.05, 4.69) is 40.4 Å². The lowest BCUT2D eigenvalue weighted by Crippen LogP contribution is -2.13. The molecule has 0 bridgehead atoms. The fourth-order valence-corrected chi connectivity index (χ4v) is 4.37. The molecule has 0 aliphatic heterocycles. The molecule has 0 aliphatic carbocycles. The Morgan fingerprint density at radius 1 is 1.03 bits per heavy atom. The summed E-state index contributed by atoms with van der Waals surface area (Å²) in [6, 6.07) is 19.5. The highest BCUT2D eigenvalue weighted by Crippen LogP contribution is 2.32. The van der Waals surface area contributed by atoms with E-state index in [4.69, 9.17) is 23.8 Å². The van der Waals surface area contributed by atoms with E-state index in [1.807, 2.05) is 67.6 Å². The number of hydrogen-bond donors (Lipinski definition) is 2. The number of hydrogen-bond acceptors (Lipinski definition) is 3. The van der Waals surface area contributed by atoms with Gasteiger partial charge in [0.2, 0.25) is 5.91 Å². The molecule has 6 heteroatoms. The van der Waals surface area contributed by atoms with E-state index in [1.54, 1.807) is 0 Å². The summed E-state index contributed by atoms with van der Waals surface area (Å²) in [6.45, 7) is 6.26. The molecule has 3 aromatic rings. The van der Waals surface area contributed by atoms with Crippen molar-refractivity contribution in [2.75, 3.05) is 10.6 Å². The third-order valence-electron chi connectivity index (χ3n) is 5.09. The fraction of sp³-hybridized carbons (Fsp3) is 0.231. The number of nitrogens with one attached hydrogen (secondary N) is 2. The molecule has 0 atom stereocenters. The van der Waals surface area contributed by atoms with Crippen LogP contribution in [0.15, 0.2) is 65.1 Å². The summed E-state index contributed by atoms with van der Waals surface area (Å²) in [4.78, 5) is 13.1. The van der Waals surface area contributed by atoms with Gasteiger partial charge in [-0.2, -0.15) is 0 Å². The van der Waals surface area contributed by atoms with E-state index in [0.29, 0.717) is 23.0 Å². The minimum atomic E-state index is -0.00295. The van der Waals surface area contributed by atoms with Crippen LogP contribution in [-0.2, 0) is 4.79 Å². The number of aryl methyl sites for hydroxylation is 1. The van der Waals surface area contributed by atoms with Crippen LogP contribution in [0.5, 0.6) is 0 Å². The first-order valence-corrected chi connectivity index (χ1v) is 12.1. The average Bonchev–Trinajstić information content (AvgIpc) is 2.74. The van der Waals surface area contributed by atoms with Gasteiger partial charge in [0.1, 0.15) is 0 Å². The van der Waals surface area contributed by atoms with Crippen molar-refractivity contribution >= 4 is 67.6 Å². The SMILES string of the molecule is Cc1ccccc1C(=S)c1ccc(Nc2ccc(Br)cc2NC(=O)CCC(C)C)cc1Cl. The van der Waals surface area contributed by atoms with Crippen LogP contribution in [0.25, 0.3) is 0 Å². The molecule has 0 spiro atoms. The number of thiocarbonyl (C=S) groups is 1. The predicted octanol–water partition coefficient (Wildman–Crippen LogP) is 8.30. The Morgan fingerprint density at radius 3 is 2.47 bits per heavy atom. The number of halogens is 2. The van der Waals surface area contributed by atoms with Crippen LogP contribution in [0.2, 0.25) is 5.02 Å². The third kappa shape index (κ3) is 6.41. The lowest BCUT2D eigenvalue weighted by Gasteiger charge is -2.16. The summed E-state index contributed by atoms with van der Waals surface area (Å²) in [6.07, 6.45) is 1.33. The summed E-state index contributed by atoms with van der Waals surface area (Å²) in [7, 11) is 0. The van der Waals surface area contributed by atoms with E-state index >= 15 is 0 Å². The van der Waals surface area contributed by atoms with Gasteiger partial charge in [0.05, 0.1) is 21.3 Å². The second-order valence-electron chi connectivity index (χ2n) is 8.13. The summed E-state index contributed by atoms with van der Waals surface area (Å²) < 4.78 is 0.888. The lowest BCUT2D eigenvalue weighted by atomic mass is 10.00. The number of rotatable bonds is 8. The molecule has 2 N–H and O–H groups in total. The zero-order valence-electron chi connectivity index (χ0n) is 18.3. The first-order chi connectivity index (χ1) is 15.2. The molecular formula is C26H26BrClN2OS. The molecule has 166 valence electrons. The molecule has 0 unspecified atom stereocenters. The largest absolute Gasteiger partial charge is 0.354 e. The zero-order chi connectivity index (χ0) is 23.3. The Morgan fingerprint density at radius 2 is 1.78 bits per heavy atom. The van der Waals surface area contributed by atoms with Gasteiger partial charge < -0.3 is 10.6 Å². The van der Waals surface area contributed by atoms with Gasteiger partial charge in [0.25, 0.3) is 0 Å². The Balaban J connectivity index is 1.81. The quantitative estimate of drug-likeness (QED) is 0.228. The highest BCUT2D eigenvalue weighted by atomic mass is 79.9. The van der Waals surface area contributed by atoms with Gasteiger partial charge in [-0.25, -0.2) is 0 Å². The molecule has 0 fully saturated rings. The number of amides is 1. The minimum absolute atomic E-state index is 0.00295. The predicted molar refractivity (Wildman–Crippen MR) is 144 cm³/mol. The molecule has 0 radical (unpaired) electrons. The van der Waals surface area contributed by atoms with Crippen molar-refractivity contribution < 1.29 is 4.79 Å². The maximum atomic E-state index is 12.4. The molecule has 3 aromatic carbocycles. The lowest BCUT2D eigenvalue weighted by molar-refractivity contribution is -0.116. The van der Waals surface area contributed by atoms with Crippen LogP contribution in [0.1, 0.15) is 43.4 Å². The standard InChI is InChI=1S/C26H26BrClN2OS/c1-16(2)8-13-25(31)30-24-14-18(27)9-12-23(24)29-19-10-11-21(22(28)15-19)26(32)20-7-5-4-6-17(20)3/h4-7,9-12,14-16,29H,8,13H2,1-3H3,(H,30,31). The number of benzene rings is 3. The Labute approximate surface area is 208 Å². The van der Waals surface area contributed by atoms with Crippen LogP contribution in [0.3, 0.4) is 0 Å². The molecule has 0 heterocycles. The van der Waals surface area contributed by atoms with Crippen molar-refractivity contribution in [1.29, 1.82) is 0 Å². The van der Waals surface area contributed by atoms with Gasteiger partial charge in [-0.3, -0.25) is 4.79 Å². The normalized spacial score (nSPS) is 10.8. The molecule has 3 nitrogen and oxygen atoms in total. The second kappa shape index (κ2) is 11.1. The van der Waals surface area contributed by atoms with E-state index in [9.17, 15) is 4.79 Å². The van der Waals surface area contributed by atoms with E-state index < -0.39 is 0 Å². The Kier molecular flexibility index (Phi) is 8.46. The van der Waals surface area contributed by atoms with Crippen molar-refractivity contribution in [2.24, 2.45) is 5.92 Å². The first-order valence-electron chi connectivity index (χ1n) is 10.5. The summed E-state index contributed by atoms with van der Waals surface area (Å²) >= 11 is 15.8.